The van der Waals surface area contributed by atoms with E-state index in [4.69, 9.17) is 16.3 Å². The fourth-order valence-corrected chi connectivity index (χ4v) is 2.66. The van der Waals surface area contributed by atoms with Gasteiger partial charge in [0.2, 0.25) is 5.91 Å². The largest absolute Gasteiger partial charge is 0.496 e. The number of nitrogens with one attached hydrogen (secondary N) is 2. The molecular weight excluding hydrogens is 352 g/mol. The average Bonchev–Trinajstić information content (AvgIpc) is 2.62. The Morgan fingerprint density at radius 1 is 1.12 bits per heavy atom. The summed E-state index contributed by atoms with van der Waals surface area (Å²) in [5.41, 5.74) is 1.89. The molecule has 0 unspecified atom stereocenters. The molecule has 2 N–H and O–H groups in total. The molecule has 2 aromatic carbocycles. The number of hydrogen-bond donors (Lipinski definition) is 2. The first-order chi connectivity index (χ1) is 12.3. The second kappa shape index (κ2) is 8.72. The third-order valence-electron chi connectivity index (χ3n) is 4.03. The van der Waals surface area contributed by atoms with Crippen LogP contribution >= 0.6 is 11.6 Å². The highest BCUT2D eigenvalue weighted by Gasteiger charge is 2.26. The van der Waals surface area contributed by atoms with Crippen LogP contribution in [-0.4, -0.2) is 25.0 Å². The molecule has 0 spiro atoms. The van der Waals surface area contributed by atoms with Gasteiger partial charge in [-0.2, -0.15) is 0 Å². The van der Waals surface area contributed by atoms with E-state index in [1.807, 2.05) is 26.8 Å². The van der Waals surface area contributed by atoms with Crippen molar-refractivity contribution in [3.05, 3.63) is 58.6 Å². The Kier molecular flexibility index (Phi) is 6.64. The minimum atomic E-state index is -0.701. The van der Waals surface area contributed by atoms with Crippen molar-refractivity contribution < 1.29 is 14.3 Å². The van der Waals surface area contributed by atoms with Crippen LogP contribution in [-0.2, 0) is 4.79 Å². The minimum absolute atomic E-state index is 0.102. The van der Waals surface area contributed by atoms with E-state index in [1.54, 1.807) is 36.4 Å². The molecule has 0 fully saturated rings. The summed E-state index contributed by atoms with van der Waals surface area (Å²) >= 11 is 6.10. The molecule has 2 aromatic rings. The van der Waals surface area contributed by atoms with Crippen LogP contribution < -0.4 is 15.4 Å². The van der Waals surface area contributed by atoms with Crippen LogP contribution in [0.5, 0.6) is 5.75 Å². The first-order valence-corrected chi connectivity index (χ1v) is 8.72. The Balaban J connectivity index is 2.16. The van der Waals surface area contributed by atoms with Crippen LogP contribution in [0.25, 0.3) is 0 Å². The van der Waals surface area contributed by atoms with Crippen molar-refractivity contribution in [3.8, 4) is 5.75 Å². The van der Waals surface area contributed by atoms with E-state index >= 15 is 0 Å². The normalized spacial score (nSPS) is 11.8. The van der Waals surface area contributed by atoms with Gasteiger partial charge in [0.05, 0.1) is 12.7 Å². The number of amides is 2. The zero-order chi connectivity index (χ0) is 19.3. The SMILES string of the molecule is COc1ccccc1C(=O)N[C@H](C(=O)Nc1ccc(C)c(Cl)c1)C(C)C. The van der Waals surface area contributed by atoms with Crippen molar-refractivity contribution >= 4 is 29.1 Å². The van der Waals surface area contributed by atoms with Gasteiger partial charge in [-0.25, -0.2) is 0 Å². The maximum absolute atomic E-state index is 12.7. The van der Waals surface area contributed by atoms with Crippen molar-refractivity contribution in [3.63, 3.8) is 0 Å². The number of halogens is 1. The molecule has 0 aliphatic carbocycles. The maximum atomic E-state index is 12.7. The van der Waals surface area contributed by atoms with E-state index < -0.39 is 6.04 Å². The smallest absolute Gasteiger partial charge is 0.255 e. The maximum Gasteiger partial charge on any atom is 0.255 e. The predicted molar refractivity (Wildman–Crippen MR) is 104 cm³/mol. The van der Waals surface area contributed by atoms with Gasteiger partial charge in [0.15, 0.2) is 0 Å². The summed E-state index contributed by atoms with van der Waals surface area (Å²) in [6.07, 6.45) is 0. The molecule has 6 heteroatoms. The lowest BCUT2D eigenvalue weighted by Gasteiger charge is -2.22. The molecule has 0 aliphatic rings. The number of para-hydroxylation sites is 1. The van der Waals surface area contributed by atoms with Gasteiger partial charge in [-0.1, -0.05) is 43.6 Å². The molecule has 26 heavy (non-hydrogen) atoms. The van der Waals surface area contributed by atoms with E-state index in [-0.39, 0.29) is 17.7 Å². The first kappa shape index (κ1) is 19.8. The van der Waals surface area contributed by atoms with Gasteiger partial charge in [0.25, 0.3) is 5.91 Å². The molecule has 0 saturated carbocycles. The average molecular weight is 375 g/mol. The number of hydrogen-bond acceptors (Lipinski definition) is 3. The topological polar surface area (TPSA) is 67.4 Å². The Morgan fingerprint density at radius 2 is 1.81 bits per heavy atom. The summed E-state index contributed by atoms with van der Waals surface area (Å²) in [6.45, 7) is 5.63. The van der Waals surface area contributed by atoms with Crippen molar-refractivity contribution in [2.24, 2.45) is 5.92 Å². The van der Waals surface area contributed by atoms with E-state index in [0.717, 1.165) is 5.56 Å². The van der Waals surface area contributed by atoms with E-state index in [1.165, 1.54) is 7.11 Å². The van der Waals surface area contributed by atoms with Gasteiger partial charge < -0.3 is 15.4 Å². The Hall–Kier alpha value is -2.53. The number of methoxy groups -OCH3 is 1. The number of benzene rings is 2. The zero-order valence-electron chi connectivity index (χ0n) is 15.3. The molecule has 0 heterocycles. The molecule has 0 radical (unpaired) electrons. The van der Waals surface area contributed by atoms with Crippen LogP contribution in [0.3, 0.4) is 0 Å². The highest BCUT2D eigenvalue weighted by atomic mass is 35.5. The molecule has 0 aromatic heterocycles. The van der Waals surface area contributed by atoms with Gasteiger partial charge >= 0.3 is 0 Å². The monoisotopic (exact) mass is 374 g/mol. The summed E-state index contributed by atoms with van der Waals surface area (Å²) in [4.78, 5) is 25.3. The van der Waals surface area contributed by atoms with Crippen LogP contribution in [0.2, 0.25) is 5.02 Å². The van der Waals surface area contributed by atoms with Crippen molar-refractivity contribution in [2.75, 3.05) is 12.4 Å². The van der Waals surface area contributed by atoms with Gasteiger partial charge in [-0.05, 0) is 42.7 Å². The lowest BCUT2D eigenvalue weighted by molar-refractivity contribution is -0.118. The highest BCUT2D eigenvalue weighted by Crippen LogP contribution is 2.21. The summed E-state index contributed by atoms with van der Waals surface area (Å²) < 4.78 is 5.21. The first-order valence-electron chi connectivity index (χ1n) is 8.34. The number of rotatable bonds is 6. The predicted octanol–water partition coefficient (Wildman–Crippen LogP) is 4.05. The number of carbonyl (C=O) groups excluding carboxylic acids is 2. The third-order valence-corrected chi connectivity index (χ3v) is 4.43. The van der Waals surface area contributed by atoms with Gasteiger partial charge in [-0.15, -0.1) is 0 Å². The quantitative estimate of drug-likeness (QED) is 0.801. The highest BCUT2D eigenvalue weighted by molar-refractivity contribution is 6.31. The van der Waals surface area contributed by atoms with Crippen LogP contribution in [0.4, 0.5) is 5.69 Å². The number of anilines is 1. The van der Waals surface area contributed by atoms with Gasteiger partial charge in [0, 0.05) is 10.7 Å². The Bertz CT molecular complexity index is 805. The van der Waals surface area contributed by atoms with Crippen LogP contribution in [0.15, 0.2) is 42.5 Å². The molecular formula is C20H23ClN2O3. The van der Waals surface area contributed by atoms with Crippen LogP contribution in [0.1, 0.15) is 29.8 Å². The molecule has 2 rings (SSSR count). The lowest BCUT2D eigenvalue weighted by atomic mass is 10.0. The van der Waals surface area contributed by atoms with Gasteiger partial charge in [-0.3, -0.25) is 9.59 Å². The summed E-state index contributed by atoms with van der Waals surface area (Å²) in [5.74, 6) is -0.311. The summed E-state index contributed by atoms with van der Waals surface area (Å²) in [5, 5.41) is 6.17. The standard InChI is InChI=1S/C20H23ClN2O3/c1-12(2)18(20(25)22-14-10-9-13(3)16(21)11-14)23-19(24)15-7-5-6-8-17(15)26-4/h5-12,18H,1-4H3,(H,22,25)(H,23,24)/t18-/m0/s1. The zero-order valence-corrected chi connectivity index (χ0v) is 16.1. The fourth-order valence-electron chi connectivity index (χ4n) is 2.48. The lowest BCUT2D eigenvalue weighted by Crippen LogP contribution is -2.47. The molecule has 138 valence electrons. The molecule has 2 amide bonds. The van der Waals surface area contributed by atoms with E-state index in [9.17, 15) is 9.59 Å². The second-order valence-corrected chi connectivity index (χ2v) is 6.76. The summed E-state index contributed by atoms with van der Waals surface area (Å²) in [6, 6.07) is 11.5. The second-order valence-electron chi connectivity index (χ2n) is 6.35. The van der Waals surface area contributed by atoms with Crippen molar-refractivity contribution in [1.82, 2.24) is 5.32 Å². The summed E-state index contributed by atoms with van der Waals surface area (Å²) in [7, 11) is 1.50. The minimum Gasteiger partial charge on any atom is -0.496 e. The Labute approximate surface area is 158 Å². The van der Waals surface area contributed by atoms with Crippen LogP contribution in [0, 0.1) is 12.8 Å². The Morgan fingerprint density at radius 3 is 2.42 bits per heavy atom. The number of ether oxygens (including phenoxy) is 1. The number of carbonyl (C=O) groups is 2. The van der Waals surface area contributed by atoms with Crippen molar-refractivity contribution in [1.29, 1.82) is 0 Å². The molecule has 1 atom stereocenters. The molecule has 0 bridgehead atoms. The molecule has 0 saturated heterocycles. The van der Waals surface area contributed by atoms with E-state index in [2.05, 4.69) is 10.6 Å². The molecule has 5 nitrogen and oxygen atoms in total. The van der Waals surface area contributed by atoms with E-state index in [0.29, 0.717) is 22.0 Å². The number of aryl methyl sites for hydroxylation is 1. The third kappa shape index (κ3) is 4.76. The van der Waals surface area contributed by atoms with Crippen molar-refractivity contribution in [2.45, 2.75) is 26.8 Å². The van der Waals surface area contributed by atoms with Gasteiger partial charge in [0.1, 0.15) is 11.8 Å². The molecule has 0 aliphatic heterocycles. The fraction of sp³-hybridized carbons (Fsp3) is 0.300.